The number of nitrogens with one attached hydrogen (secondary N) is 1. The summed E-state index contributed by atoms with van der Waals surface area (Å²) in [6.45, 7) is 4.04. The second kappa shape index (κ2) is 17.1. The Morgan fingerprint density at radius 2 is 1.83 bits per heavy atom. The van der Waals surface area contributed by atoms with Gasteiger partial charge in [0.1, 0.15) is 5.82 Å². The molecule has 1 saturated heterocycles. The zero-order chi connectivity index (χ0) is 32.1. The van der Waals surface area contributed by atoms with Gasteiger partial charge in [-0.2, -0.15) is 0 Å². The molecule has 1 atom stereocenters. The van der Waals surface area contributed by atoms with Crippen LogP contribution in [0.1, 0.15) is 65.6 Å². The average molecular weight is 635 g/mol. The predicted molar refractivity (Wildman–Crippen MR) is 173 cm³/mol. The molecule has 5 rings (SSSR count). The van der Waals surface area contributed by atoms with Crippen LogP contribution < -0.4 is 15.0 Å². The van der Waals surface area contributed by atoms with E-state index in [4.69, 9.17) is 23.7 Å². The molecule has 3 aromatic carbocycles. The first-order chi connectivity index (χ1) is 22.5. The smallest absolute Gasteiger partial charge is 0.310 e. The highest BCUT2D eigenvalue weighted by Crippen LogP contribution is 2.41. The van der Waals surface area contributed by atoms with Gasteiger partial charge in [-0.25, -0.2) is 4.39 Å². The van der Waals surface area contributed by atoms with E-state index in [-0.39, 0.29) is 30.3 Å². The molecule has 9 nitrogen and oxygen atoms in total. The van der Waals surface area contributed by atoms with Crippen LogP contribution in [0, 0.1) is 5.82 Å². The summed E-state index contributed by atoms with van der Waals surface area (Å²) < 4.78 is 43.3. The van der Waals surface area contributed by atoms with Crippen LogP contribution in [-0.4, -0.2) is 58.2 Å². The molecule has 46 heavy (non-hydrogen) atoms. The largest absolute Gasteiger partial charge is 0.469 e. The monoisotopic (exact) mass is 634 g/mol. The van der Waals surface area contributed by atoms with Crippen LogP contribution in [0.5, 0.6) is 5.75 Å². The number of halogens is 1. The van der Waals surface area contributed by atoms with E-state index in [2.05, 4.69) is 5.32 Å². The molecule has 0 bridgehead atoms. The molecule has 1 N–H and O–H groups in total. The van der Waals surface area contributed by atoms with Crippen LogP contribution in [0.15, 0.2) is 60.7 Å². The molecule has 1 fully saturated rings. The number of esters is 1. The number of fused-ring (bicyclic) bond motifs is 1. The summed E-state index contributed by atoms with van der Waals surface area (Å²) in [6.07, 6.45) is 4.35. The minimum Gasteiger partial charge on any atom is -0.469 e. The van der Waals surface area contributed by atoms with Gasteiger partial charge in [0.05, 0.1) is 44.5 Å². The average Bonchev–Trinajstić information content (AvgIpc) is 3.42. The van der Waals surface area contributed by atoms with Gasteiger partial charge in [-0.1, -0.05) is 42.5 Å². The minimum atomic E-state index is -0.574. The molecule has 1 amide bonds. The van der Waals surface area contributed by atoms with Gasteiger partial charge in [0, 0.05) is 50.1 Å². The van der Waals surface area contributed by atoms with Crippen LogP contribution in [0.2, 0.25) is 0 Å². The summed E-state index contributed by atoms with van der Waals surface area (Å²) in [6, 6.07) is 18.3. The number of carbonyl (C=O) groups is 2. The minimum absolute atomic E-state index is 0.198. The molecule has 3 aromatic rings. The number of hydrogen-bond donors (Lipinski definition) is 1. The normalized spacial score (nSPS) is 15.9. The Morgan fingerprint density at radius 1 is 1.00 bits per heavy atom. The standard InChI is InChI=1S/C36H43FN2O7/c1-42-32(40)22-28-21-29(37)23-31(35(28)46-33-15-5-7-20-45-33)39-24-27-13-9-14-30(34(27)36(39)41)38-16-6-8-17-43-18-10-19-44-25-26-11-3-2-4-12-26/h2-4,9,11-14,21,23,33,38H,5-8,10,15-20,22,24-25H2,1H3. The number of rotatable bonds is 17. The van der Waals surface area contributed by atoms with E-state index in [9.17, 15) is 14.0 Å². The molecule has 0 aromatic heterocycles. The molecule has 2 aliphatic heterocycles. The molecule has 0 saturated carbocycles. The lowest BCUT2D eigenvalue weighted by molar-refractivity contribution is -0.140. The summed E-state index contributed by atoms with van der Waals surface area (Å²) in [4.78, 5) is 27.6. The number of unbranched alkanes of at least 4 members (excludes halogenated alkanes) is 1. The van der Waals surface area contributed by atoms with E-state index in [1.54, 1.807) is 0 Å². The highest BCUT2D eigenvalue weighted by Gasteiger charge is 2.34. The van der Waals surface area contributed by atoms with Crippen molar-refractivity contribution in [3.8, 4) is 5.75 Å². The summed E-state index contributed by atoms with van der Waals surface area (Å²) in [5, 5.41) is 3.41. The molecule has 246 valence electrons. The Balaban J connectivity index is 1.14. The summed E-state index contributed by atoms with van der Waals surface area (Å²) in [5.74, 6) is -1.11. The fraction of sp³-hybridized carbons (Fsp3) is 0.444. The number of anilines is 2. The van der Waals surface area contributed by atoms with Crippen molar-refractivity contribution in [2.45, 2.75) is 64.4 Å². The number of hydrogen-bond acceptors (Lipinski definition) is 8. The lowest BCUT2D eigenvalue weighted by atomic mass is 10.1. The van der Waals surface area contributed by atoms with Gasteiger partial charge in [-0.15, -0.1) is 0 Å². The molecular weight excluding hydrogens is 591 g/mol. The van der Waals surface area contributed by atoms with Crippen LogP contribution in [-0.2, 0) is 43.3 Å². The van der Waals surface area contributed by atoms with E-state index < -0.39 is 18.1 Å². The Morgan fingerprint density at radius 3 is 2.63 bits per heavy atom. The Labute approximate surface area is 269 Å². The first-order valence-corrected chi connectivity index (χ1v) is 16.1. The topological polar surface area (TPSA) is 95.6 Å². The maximum atomic E-state index is 15.0. The molecule has 0 aliphatic carbocycles. The summed E-state index contributed by atoms with van der Waals surface area (Å²) in [7, 11) is 1.28. The van der Waals surface area contributed by atoms with Gasteiger partial charge in [-0.05, 0) is 55.4 Å². The molecular formula is C36H43FN2O7. The van der Waals surface area contributed by atoms with Gasteiger partial charge in [0.2, 0.25) is 0 Å². The lowest BCUT2D eigenvalue weighted by Gasteiger charge is -2.28. The van der Waals surface area contributed by atoms with E-state index in [1.807, 2.05) is 48.5 Å². The molecule has 2 heterocycles. The van der Waals surface area contributed by atoms with Crippen molar-refractivity contribution in [1.29, 1.82) is 0 Å². The van der Waals surface area contributed by atoms with E-state index in [0.717, 1.165) is 48.9 Å². The molecule has 10 heteroatoms. The Kier molecular flexibility index (Phi) is 12.4. The van der Waals surface area contributed by atoms with Gasteiger partial charge < -0.3 is 33.9 Å². The fourth-order valence-corrected chi connectivity index (χ4v) is 5.65. The van der Waals surface area contributed by atoms with Gasteiger partial charge >= 0.3 is 5.97 Å². The maximum absolute atomic E-state index is 15.0. The van der Waals surface area contributed by atoms with Crippen LogP contribution >= 0.6 is 0 Å². The third-order valence-corrected chi connectivity index (χ3v) is 8.01. The summed E-state index contributed by atoms with van der Waals surface area (Å²) in [5.41, 5.74) is 3.84. The molecule has 0 spiro atoms. The van der Waals surface area contributed by atoms with Gasteiger partial charge in [0.25, 0.3) is 5.91 Å². The van der Waals surface area contributed by atoms with Crippen LogP contribution in [0.25, 0.3) is 0 Å². The number of amides is 1. The highest BCUT2D eigenvalue weighted by molar-refractivity contribution is 6.14. The highest BCUT2D eigenvalue weighted by atomic mass is 19.1. The Bertz CT molecular complexity index is 1450. The van der Waals surface area contributed by atoms with Crippen LogP contribution in [0.3, 0.4) is 0 Å². The third kappa shape index (κ3) is 9.05. The van der Waals surface area contributed by atoms with E-state index >= 15 is 0 Å². The number of carbonyl (C=O) groups excluding carboxylic acids is 2. The first-order valence-electron chi connectivity index (χ1n) is 16.1. The second-order valence-electron chi connectivity index (χ2n) is 11.4. The Hall–Kier alpha value is -3.99. The predicted octanol–water partition coefficient (Wildman–Crippen LogP) is 6.42. The quantitative estimate of drug-likeness (QED) is 0.134. The van der Waals surface area contributed by atoms with Crippen molar-refractivity contribution in [2.24, 2.45) is 0 Å². The van der Waals surface area contributed by atoms with Crippen molar-refractivity contribution < 1.29 is 37.7 Å². The van der Waals surface area contributed by atoms with Gasteiger partial charge in [-0.3, -0.25) is 9.59 Å². The maximum Gasteiger partial charge on any atom is 0.310 e. The van der Waals surface area contributed by atoms with E-state index in [1.165, 1.54) is 24.1 Å². The molecule has 2 aliphatic rings. The molecule has 0 radical (unpaired) electrons. The van der Waals surface area contributed by atoms with Gasteiger partial charge in [0.15, 0.2) is 12.0 Å². The number of methoxy groups -OCH3 is 1. The van der Waals surface area contributed by atoms with Crippen molar-refractivity contribution in [3.05, 3.63) is 88.7 Å². The van der Waals surface area contributed by atoms with E-state index in [0.29, 0.717) is 57.1 Å². The van der Waals surface area contributed by atoms with Crippen LogP contribution in [0.4, 0.5) is 15.8 Å². The first kappa shape index (κ1) is 33.4. The zero-order valence-electron chi connectivity index (χ0n) is 26.4. The number of benzene rings is 3. The SMILES string of the molecule is COC(=O)Cc1cc(F)cc(N2Cc3cccc(NCCCCOCCCOCc4ccccc4)c3C2=O)c1OC1CCCCO1. The van der Waals surface area contributed by atoms with Crippen molar-refractivity contribution in [3.63, 3.8) is 0 Å². The third-order valence-electron chi connectivity index (χ3n) is 8.01. The number of nitrogens with zero attached hydrogens (tertiary/aromatic N) is 1. The molecule has 1 unspecified atom stereocenters. The zero-order valence-corrected chi connectivity index (χ0v) is 26.4. The lowest BCUT2D eigenvalue weighted by Crippen LogP contribution is -2.29. The second-order valence-corrected chi connectivity index (χ2v) is 11.4. The van der Waals surface area contributed by atoms with Crippen molar-refractivity contribution in [2.75, 3.05) is 50.3 Å². The van der Waals surface area contributed by atoms with Crippen molar-refractivity contribution in [1.82, 2.24) is 0 Å². The fourth-order valence-electron chi connectivity index (χ4n) is 5.65. The summed E-state index contributed by atoms with van der Waals surface area (Å²) >= 11 is 0. The van der Waals surface area contributed by atoms with Crippen molar-refractivity contribution >= 4 is 23.3 Å². The number of ether oxygens (including phenoxy) is 5.